The molecule has 0 aliphatic carbocycles. The molecule has 0 aliphatic rings. The molecule has 44 valence electrons. The molecular formula is C5H2B2N2O. The summed E-state index contributed by atoms with van der Waals surface area (Å²) >= 11 is 0. The zero-order valence-corrected chi connectivity index (χ0v) is 5.11. The van der Waals surface area contributed by atoms with Crippen LogP contribution in [-0.2, 0) is 0 Å². The Morgan fingerprint density at radius 2 is 2.20 bits per heavy atom. The average Bonchev–Trinajstić information content (AvgIpc) is 1.88. The van der Waals surface area contributed by atoms with E-state index in [0.29, 0.717) is 6.29 Å². The minimum Gasteiger partial charge on any atom is -0.296 e. The fraction of sp³-hybridized carbons (Fsp3) is 0. The van der Waals surface area contributed by atoms with Gasteiger partial charge in [-0.25, -0.2) is 0 Å². The van der Waals surface area contributed by atoms with E-state index in [4.69, 9.17) is 15.7 Å². The molecule has 0 atom stereocenters. The number of rotatable bonds is 1. The van der Waals surface area contributed by atoms with Gasteiger partial charge in [-0.05, 0) is 0 Å². The van der Waals surface area contributed by atoms with Gasteiger partial charge in [-0.1, -0.05) is 0 Å². The minimum atomic E-state index is 0.0648. The van der Waals surface area contributed by atoms with Crippen molar-refractivity contribution in [2.75, 3.05) is 0 Å². The molecule has 0 unspecified atom stereocenters. The summed E-state index contributed by atoms with van der Waals surface area (Å²) in [5.74, 6) is 0. The quantitative estimate of drug-likeness (QED) is 0.320. The van der Waals surface area contributed by atoms with Crippen LogP contribution in [0.2, 0.25) is 0 Å². The molecule has 0 aromatic carbocycles. The standard InChI is InChI=1S/C5H2B2N2O/c6-4-1-8-3(2-10)5(7)9-4/h1-2H. The number of hydrogen-bond acceptors (Lipinski definition) is 3. The highest BCUT2D eigenvalue weighted by Crippen LogP contribution is 1.75. The lowest BCUT2D eigenvalue weighted by molar-refractivity contribution is 0.112. The summed E-state index contributed by atoms with van der Waals surface area (Å²) in [4.78, 5) is 17.3. The fourth-order valence-electron chi connectivity index (χ4n) is 0.518. The molecule has 1 rings (SSSR count). The minimum absolute atomic E-state index is 0.0648. The van der Waals surface area contributed by atoms with E-state index >= 15 is 0 Å². The highest BCUT2D eigenvalue weighted by Gasteiger charge is 1.96. The zero-order valence-electron chi connectivity index (χ0n) is 5.11. The van der Waals surface area contributed by atoms with Crippen LogP contribution in [0.15, 0.2) is 6.20 Å². The van der Waals surface area contributed by atoms with Gasteiger partial charge < -0.3 is 0 Å². The number of nitrogens with zero attached hydrogens (tertiary/aromatic N) is 2. The monoisotopic (exact) mass is 128 g/mol. The molecule has 0 aliphatic heterocycles. The molecule has 0 fully saturated rings. The fourth-order valence-corrected chi connectivity index (χ4v) is 0.518. The van der Waals surface area contributed by atoms with E-state index in [-0.39, 0.29) is 16.9 Å². The number of carbonyl (C=O) groups excluding carboxylic acids is 1. The van der Waals surface area contributed by atoms with Crippen molar-refractivity contribution in [3.8, 4) is 0 Å². The number of aldehydes is 1. The third-order valence-electron chi connectivity index (χ3n) is 0.960. The molecule has 3 nitrogen and oxygen atoms in total. The molecule has 0 saturated carbocycles. The molecule has 0 amide bonds. The van der Waals surface area contributed by atoms with Crippen LogP contribution < -0.4 is 11.2 Å². The van der Waals surface area contributed by atoms with Crippen molar-refractivity contribution in [3.05, 3.63) is 11.9 Å². The van der Waals surface area contributed by atoms with E-state index < -0.39 is 0 Å². The van der Waals surface area contributed by atoms with Crippen molar-refractivity contribution in [3.63, 3.8) is 0 Å². The topological polar surface area (TPSA) is 42.9 Å². The molecule has 1 heterocycles. The van der Waals surface area contributed by atoms with Crippen LogP contribution in [0, 0.1) is 0 Å². The molecular weight excluding hydrogens is 126 g/mol. The lowest BCUT2D eigenvalue weighted by Crippen LogP contribution is -2.25. The summed E-state index contributed by atoms with van der Waals surface area (Å²) in [6.45, 7) is 0. The van der Waals surface area contributed by atoms with Gasteiger partial charge in [-0.3, -0.25) is 14.8 Å². The lowest BCUT2D eigenvalue weighted by atomic mass is 9.99. The van der Waals surface area contributed by atoms with Crippen LogP contribution in [0.4, 0.5) is 0 Å². The molecule has 0 saturated heterocycles. The Bertz CT molecular complexity index is 264. The van der Waals surface area contributed by atoms with Crippen LogP contribution in [0.5, 0.6) is 0 Å². The summed E-state index contributed by atoms with van der Waals surface area (Å²) in [6, 6.07) is 0. The maximum atomic E-state index is 10.1. The summed E-state index contributed by atoms with van der Waals surface area (Å²) in [7, 11) is 10.5. The molecule has 5 heteroatoms. The first-order valence-corrected chi connectivity index (χ1v) is 2.57. The molecule has 10 heavy (non-hydrogen) atoms. The van der Waals surface area contributed by atoms with Crippen molar-refractivity contribution in [1.82, 2.24) is 9.97 Å². The Morgan fingerprint density at radius 1 is 1.50 bits per heavy atom. The van der Waals surface area contributed by atoms with Gasteiger partial charge in [-0.2, -0.15) is 0 Å². The van der Waals surface area contributed by atoms with Crippen LogP contribution in [0.25, 0.3) is 0 Å². The summed E-state index contributed by atoms with van der Waals surface area (Å²) in [5.41, 5.74) is 0.396. The van der Waals surface area contributed by atoms with E-state index in [1.807, 2.05) is 0 Å². The van der Waals surface area contributed by atoms with E-state index in [2.05, 4.69) is 9.97 Å². The van der Waals surface area contributed by atoms with Crippen molar-refractivity contribution >= 4 is 33.2 Å². The van der Waals surface area contributed by atoms with E-state index in [9.17, 15) is 4.79 Å². The molecule has 0 bridgehead atoms. The predicted molar refractivity (Wildman–Crippen MR) is 38.2 cm³/mol. The van der Waals surface area contributed by atoms with Crippen molar-refractivity contribution in [2.24, 2.45) is 0 Å². The highest BCUT2D eigenvalue weighted by molar-refractivity contribution is 6.36. The number of hydrogen-bond donors (Lipinski definition) is 0. The number of aromatic nitrogens is 2. The van der Waals surface area contributed by atoms with Crippen LogP contribution in [0.3, 0.4) is 0 Å². The Kier molecular flexibility index (Phi) is 1.85. The van der Waals surface area contributed by atoms with Gasteiger partial charge >= 0.3 is 0 Å². The largest absolute Gasteiger partial charge is 0.296 e. The van der Waals surface area contributed by atoms with Crippen LogP contribution in [-0.4, -0.2) is 31.9 Å². The molecule has 4 radical (unpaired) electrons. The smallest absolute Gasteiger partial charge is 0.169 e. The molecule has 1 aromatic rings. The van der Waals surface area contributed by atoms with Gasteiger partial charge in [-0.15, -0.1) is 0 Å². The van der Waals surface area contributed by atoms with Gasteiger partial charge in [0.05, 0.1) is 0 Å². The summed E-state index contributed by atoms with van der Waals surface area (Å²) < 4.78 is 0. The van der Waals surface area contributed by atoms with E-state index in [0.717, 1.165) is 0 Å². The van der Waals surface area contributed by atoms with Crippen LogP contribution >= 0.6 is 0 Å². The Morgan fingerprint density at radius 3 is 2.70 bits per heavy atom. The zero-order chi connectivity index (χ0) is 7.56. The first-order chi connectivity index (χ1) is 4.74. The van der Waals surface area contributed by atoms with Crippen LogP contribution in [0.1, 0.15) is 10.5 Å². The van der Waals surface area contributed by atoms with Crippen molar-refractivity contribution in [2.45, 2.75) is 0 Å². The molecule has 0 spiro atoms. The summed E-state index contributed by atoms with van der Waals surface area (Å²) in [6.07, 6.45) is 1.81. The van der Waals surface area contributed by atoms with Crippen molar-refractivity contribution in [1.29, 1.82) is 0 Å². The normalized spacial score (nSPS) is 9.20. The SMILES string of the molecule is [B]c1cnc(C=O)c([B])n1. The Labute approximate surface area is 60.7 Å². The third-order valence-corrected chi connectivity index (χ3v) is 0.960. The maximum absolute atomic E-state index is 10.1. The Hall–Kier alpha value is -1.12. The third kappa shape index (κ3) is 1.23. The molecule has 0 N–H and O–H groups in total. The average molecular weight is 128 g/mol. The van der Waals surface area contributed by atoms with Gasteiger partial charge in [0.15, 0.2) is 6.29 Å². The van der Waals surface area contributed by atoms with Gasteiger partial charge in [0.25, 0.3) is 0 Å². The Balaban J connectivity index is 3.19. The predicted octanol–water partition coefficient (Wildman–Crippen LogP) is -2.12. The highest BCUT2D eigenvalue weighted by atomic mass is 16.1. The maximum Gasteiger partial charge on any atom is 0.169 e. The lowest BCUT2D eigenvalue weighted by Gasteiger charge is -1.96. The summed E-state index contributed by atoms with van der Waals surface area (Å²) in [5, 5.41) is 0. The van der Waals surface area contributed by atoms with Gasteiger partial charge in [0.2, 0.25) is 0 Å². The first kappa shape index (κ1) is 6.99. The van der Waals surface area contributed by atoms with Gasteiger partial charge in [0, 0.05) is 17.4 Å². The second-order valence-electron chi connectivity index (χ2n) is 1.68. The number of carbonyl (C=O) groups is 1. The van der Waals surface area contributed by atoms with E-state index in [1.165, 1.54) is 6.20 Å². The second kappa shape index (κ2) is 2.64. The first-order valence-electron chi connectivity index (χ1n) is 2.57. The molecule has 1 aromatic heterocycles. The van der Waals surface area contributed by atoms with E-state index in [1.54, 1.807) is 0 Å². The van der Waals surface area contributed by atoms with Crippen molar-refractivity contribution < 1.29 is 4.79 Å². The van der Waals surface area contributed by atoms with Gasteiger partial charge in [0.1, 0.15) is 21.4 Å². The second-order valence-corrected chi connectivity index (χ2v) is 1.68.